The average molecular weight is 357 g/mol. The molecule has 0 fully saturated rings. The lowest BCUT2D eigenvalue weighted by molar-refractivity contribution is 0.306. The van der Waals surface area contributed by atoms with E-state index in [0.717, 1.165) is 34.8 Å². The van der Waals surface area contributed by atoms with Crippen molar-refractivity contribution < 1.29 is 0 Å². The van der Waals surface area contributed by atoms with Gasteiger partial charge in [-0.05, 0) is 51.3 Å². The number of H-pyrrole nitrogens is 2. The summed E-state index contributed by atoms with van der Waals surface area (Å²) in [4.78, 5) is 23.8. The molecule has 0 atom stereocenters. The third-order valence-corrected chi connectivity index (χ3v) is 5.75. The third kappa shape index (κ3) is 3.39. The third-order valence-electron chi connectivity index (χ3n) is 4.81. The number of aromatic amines is 2. The Balaban J connectivity index is 1.52. The SMILES string of the molecule is Cc1cc2c(=O)[nH]c(CN(C)Cc3n[nH]c4c3CCCCC4)nc2s1. The van der Waals surface area contributed by atoms with Gasteiger partial charge in [-0.25, -0.2) is 4.98 Å². The summed E-state index contributed by atoms with van der Waals surface area (Å²) in [5.41, 5.74) is 3.79. The summed E-state index contributed by atoms with van der Waals surface area (Å²) in [5.74, 6) is 0.712. The molecule has 0 unspecified atom stereocenters. The van der Waals surface area contributed by atoms with Crippen molar-refractivity contribution >= 4 is 21.6 Å². The van der Waals surface area contributed by atoms with Crippen LogP contribution in [0.5, 0.6) is 0 Å². The predicted octanol–water partition coefficient (Wildman–Crippen LogP) is 2.92. The first-order valence-corrected chi connectivity index (χ1v) is 9.64. The zero-order valence-electron chi connectivity index (χ0n) is 14.7. The quantitative estimate of drug-likeness (QED) is 0.704. The number of nitrogens with zero attached hydrogens (tertiary/aromatic N) is 3. The van der Waals surface area contributed by atoms with Gasteiger partial charge in [-0.3, -0.25) is 14.8 Å². The van der Waals surface area contributed by atoms with Crippen molar-refractivity contribution in [3.63, 3.8) is 0 Å². The van der Waals surface area contributed by atoms with Crippen molar-refractivity contribution in [1.82, 2.24) is 25.1 Å². The van der Waals surface area contributed by atoms with Crippen LogP contribution in [-0.4, -0.2) is 32.1 Å². The Kier molecular flexibility index (Phi) is 4.43. The molecular formula is C18H23N5OS. The molecule has 0 saturated carbocycles. The first kappa shape index (κ1) is 16.5. The Morgan fingerprint density at radius 3 is 2.96 bits per heavy atom. The van der Waals surface area contributed by atoms with Crippen LogP contribution in [0.3, 0.4) is 0 Å². The first-order valence-electron chi connectivity index (χ1n) is 8.83. The van der Waals surface area contributed by atoms with E-state index in [0.29, 0.717) is 17.8 Å². The number of thiophene rings is 1. The highest BCUT2D eigenvalue weighted by molar-refractivity contribution is 7.18. The fourth-order valence-electron chi connectivity index (χ4n) is 3.60. The van der Waals surface area contributed by atoms with E-state index in [1.165, 1.54) is 30.5 Å². The van der Waals surface area contributed by atoms with E-state index in [1.807, 2.05) is 20.0 Å². The van der Waals surface area contributed by atoms with Crippen molar-refractivity contribution in [3.8, 4) is 0 Å². The van der Waals surface area contributed by atoms with E-state index in [2.05, 4.69) is 25.1 Å². The second-order valence-electron chi connectivity index (χ2n) is 6.95. The largest absolute Gasteiger partial charge is 0.309 e. The zero-order chi connectivity index (χ0) is 17.4. The molecule has 2 N–H and O–H groups in total. The average Bonchev–Trinajstić information content (AvgIpc) is 3.02. The molecule has 0 amide bonds. The molecule has 0 bridgehead atoms. The van der Waals surface area contributed by atoms with Crippen molar-refractivity contribution in [1.29, 1.82) is 0 Å². The number of hydrogen-bond donors (Lipinski definition) is 2. The first-order chi connectivity index (χ1) is 12.1. The van der Waals surface area contributed by atoms with Crippen LogP contribution in [0.4, 0.5) is 0 Å². The van der Waals surface area contributed by atoms with Gasteiger partial charge >= 0.3 is 0 Å². The summed E-state index contributed by atoms with van der Waals surface area (Å²) in [5, 5.41) is 8.44. The number of aryl methyl sites for hydroxylation is 2. The van der Waals surface area contributed by atoms with Crippen molar-refractivity contribution in [3.05, 3.63) is 44.1 Å². The van der Waals surface area contributed by atoms with E-state index >= 15 is 0 Å². The lowest BCUT2D eigenvalue weighted by Gasteiger charge is -2.15. The maximum atomic E-state index is 12.2. The topological polar surface area (TPSA) is 77.7 Å². The molecule has 0 aliphatic heterocycles. The van der Waals surface area contributed by atoms with E-state index in [9.17, 15) is 4.79 Å². The van der Waals surface area contributed by atoms with Gasteiger partial charge in [-0.2, -0.15) is 5.10 Å². The van der Waals surface area contributed by atoms with Crippen LogP contribution in [0.2, 0.25) is 0 Å². The molecule has 0 radical (unpaired) electrons. The predicted molar refractivity (Wildman–Crippen MR) is 100.0 cm³/mol. The Hall–Kier alpha value is -1.99. The summed E-state index contributed by atoms with van der Waals surface area (Å²) >= 11 is 1.57. The number of hydrogen-bond acceptors (Lipinski definition) is 5. The Labute approximate surface area is 150 Å². The Bertz CT molecular complexity index is 954. The molecule has 3 aromatic heterocycles. The smallest absolute Gasteiger partial charge is 0.259 e. The summed E-state index contributed by atoms with van der Waals surface area (Å²) in [6.45, 7) is 3.36. The number of aromatic nitrogens is 4. The van der Waals surface area contributed by atoms with Gasteiger partial charge in [0.15, 0.2) is 0 Å². The van der Waals surface area contributed by atoms with Crippen molar-refractivity contribution in [2.75, 3.05) is 7.05 Å². The number of rotatable bonds is 4. The van der Waals surface area contributed by atoms with Crippen molar-refractivity contribution in [2.24, 2.45) is 0 Å². The molecule has 132 valence electrons. The van der Waals surface area contributed by atoms with Crippen LogP contribution >= 0.6 is 11.3 Å². The Morgan fingerprint density at radius 1 is 1.24 bits per heavy atom. The highest BCUT2D eigenvalue weighted by Crippen LogP contribution is 2.23. The van der Waals surface area contributed by atoms with Gasteiger partial charge in [0.1, 0.15) is 10.7 Å². The summed E-state index contributed by atoms with van der Waals surface area (Å²) < 4.78 is 0. The minimum absolute atomic E-state index is 0.0496. The summed E-state index contributed by atoms with van der Waals surface area (Å²) in [6, 6.07) is 1.90. The minimum atomic E-state index is -0.0496. The van der Waals surface area contributed by atoms with E-state index < -0.39 is 0 Å². The molecule has 1 aliphatic rings. The van der Waals surface area contributed by atoms with Gasteiger partial charge in [0, 0.05) is 17.1 Å². The second-order valence-corrected chi connectivity index (χ2v) is 8.18. The monoisotopic (exact) mass is 357 g/mol. The van der Waals surface area contributed by atoms with Crippen molar-refractivity contribution in [2.45, 2.75) is 52.1 Å². The molecule has 3 aromatic rings. The van der Waals surface area contributed by atoms with Crippen LogP contribution in [-0.2, 0) is 25.9 Å². The van der Waals surface area contributed by atoms with Crippen LogP contribution < -0.4 is 5.56 Å². The summed E-state index contributed by atoms with van der Waals surface area (Å²) in [6.07, 6.45) is 6.01. The molecule has 25 heavy (non-hydrogen) atoms. The van der Waals surface area contributed by atoms with Gasteiger partial charge < -0.3 is 4.98 Å². The minimum Gasteiger partial charge on any atom is -0.309 e. The van der Waals surface area contributed by atoms with E-state index in [-0.39, 0.29) is 5.56 Å². The van der Waals surface area contributed by atoms with Gasteiger partial charge in [0.2, 0.25) is 0 Å². The normalized spacial score (nSPS) is 14.8. The van der Waals surface area contributed by atoms with E-state index in [1.54, 1.807) is 11.3 Å². The maximum Gasteiger partial charge on any atom is 0.259 e. The second kappa shape index (κ2) is 6.72. The van der Waals surface area contributed by atoms with Gasteiger partial charge in [0.25, 0.3) is 5.56 Å². The molecular weight excluding hydrogens is 334 g/mol. The molecule has 0 spiro atoms. The van der Waals surface area contributed by atoms with Gasteiger partial charge in [0.05, 0.1) is 17.6 Å². The molecule has 4 rings (SSSR count). The van der Waals surface area contributed by atoms with Crippen LogP contribution in [0.25, 0.3) is 10.2 Å². The van der Waals surface area contributed by atoms with Crippen LogP contribution in [0.1, 0.15) is 46.9 Å². The van der Waals surface area contributed by atoms with E-state index in [4.69, 9.17) is 0 Å². The molecule has 1 aliphatic carbocycles. The molecule has 6 nitrogen and oxygen atoms in total. The zero-order valence-corrected chi connectivity index (χ0v) is 15.5. The lowest BCUT2D eigenvalue weighted by Crippen LogP contribution is -2.22. The van der Waals surface area contributed by atoms with Gasteiger partial charge in [-0.15, -0.1) is 11.3 Å². The van der Waals surface area contributed by atoms with Crippen LogP contribution in [0.15, 0.2) is 10.9 Å². The molecule has 0 aromatic carbocycles. The Morgan fingerprint density at radius 2 is 2.08 bits per heavy atom. The summed E-state index contributed by atoms with van der Waals surface area (Å²) in [7, 11) is 2.04. The highest BCUT2D eigenvalue weighted by atomic mass is 32.1. The van der Waals surface area contributed by atoms with Gasteiger partial charge in [-0.1, -0.05) is 6.42 Å². The standard InChI is InChI=1S/C18H23N5OS/c1-11-8-13-17(24)19-16(20-18(13)25-11)10-23(2)9-15-12-6-4-3-5-7-14(12)21-22-15/h8H,3-7,9-10H2,1-2H3,(H,21,22)(H,19,20,24). The fourth-order valence-corrected chi connectivity index (χ4v) is 4.50. The van der Waals surface area contributed by atoms with Crippen LogP contribution in [0, 0.1) is 6.92 Å². The molecule has 7 heteroatoms. The molecule has 0 saturated heterocycles. The maximum absolute atomic E-state index is 12.2. The molecule has 3 heterocycles. The number of nitrogens with one attached hydrogen (secondary N) is 2. The number of fused-ring (bicyclic) bond motifs is 2. The highest BCUT2D eigenvalue weighted by Gasteiger charge is 2.17. The lowest BCUT2D eigenvalue weighted by atomic mass is 10.1. The fraction of sp³-hybridized carbons (Fsp3) is 0.500.